The first-order chi connectivity index (χ1) is 18.8. The Balaban J connectivity index is 2.02. The number of aryl methyl sites for hydroxylation is 1. The van der Waals surface area contributed by atoms with Gasteiger partial charge in [-0.25, -0.2) is 14.2 Å². The SMILES string of the molecule is CCN(CC)c1cc2oc3c(c(-c4ccccc4C(=O)O)c2cc1C)c(=O)oc1cc(=[N+](CC)CC)ccc13. The van der Waals surface area contributed by atoms with Crippen molar-refractivity contribution in [2.45, 2.75) is 34.6 Å². The van der Waals surface area contributed by atoms with E-state index in [2.05, 4.69) is 37.2 Å². The molecule has 5 aromatic rings. The minimum absolute atomic E-state index is 0.105. The molecule has 5 rings (SSSR count). The molecule has 0 aliphatic rings. The second-order valence-electron chi connectivity index (χ2n) is 9.58. The first-order valence-corrected chi connectivity index (χ1v) is 13.5. The number of hydrogen-bond acceptors (Lipinski definition) is 5. The molecule has 0 aliphatic heterocycles. The van der Waals surface area contributed by atoms with Crippen LogP contribution in [0.3, 0.4) is 0 Å². The minimum Gasteiger partial charge on any atom is -0.478 e. The van der Waals surface area contributed by atoms with Crippen molar-refractivity contribution in [2.24, 2.45) is 0 Å². The summed E-state index contributed by atoms with van der Waals surface area (Å²) < 4.78 is 14.6. The van der Waals surface area contributed by atoms with Crippen LogP contribution in [-0.4, -0.2) is 37.3 Å². The Morgan fingerprint density at radius 2 is 1.59 bits per heavy atom. The molecule has 0 saturated heterocycles. The van der Waals surface area contributed by atoms with Gasteiger partial charge in [0.25, 0.3) is 0 Å². The number of hydrogen-bond donors (Lipinski definition) is 1. The Kier molecular flexibility index (Phi) is 7.00. The lowest BCUT2D eigenvalue weighted by atomic mass is 9.92. The number of benzene rings is 3. The molecule has 0 saturated carbocycles. The number of carboxylic acid groups (broad SMARTS) is 1. The van der Waals surface area contributed by atoms with E-state index in [0.717, 1.165) is 42.8 Å². The molecular formula is C32H33N2O5+. The molecule has 7 heteroatoms. The van der Waals surface area contributed by atoms with Crippen molar-refractivity contribution in [3.8, 4) is 11.1 Å². The minimum atomic E-state index is -1.07. The Morgan fingerprint density at radius 3 is 2.26 bits per heavy atom. The van der Waals surface area contributed by atoms with Gasteiger partial charge in [-0.2, -0.15) is 0 Å². The largest absolute Gasteiger partial charge is 0.478 e. The summed E-state index contributed by atoms with van der Waals surface area (Å²) in [6.45, 7) is 13.7. The maximum absolute atomic E-state index is 13.7. The third-order valence-corrected chi connectivity index (χ3v) is 7.53. The van der Waals surface area contributed by atoms with Gasteiger partial charge in [0.1, 0.15) is 29.6 Å². The second-order valence-corrected chi connectivity index (χ2v) is 9.58. The number of carbonyl (C=O) groups is 1. The Bertz CT molecular complexity index is 1870. The van der Waals surface area contributed by atoms with Crippen molar-refractivity contribution in [3.05, 3.63) is 81.5 Å². The highest BCUT2D eigenvalue weighted by molar-refractivity contribution is 6.16. The number of anilines is 1. The van der Waals surface area contributed by atoms with E-state index in [9.17, 15) is 14.7 Å². The zero-order chi connectivity index (χ0) is 27.8. The molecule has 0 fully saturated rings. The standard InChI is InChI=1S/C32H32N2O5/c1-6-33(7-2)20-14-15-23-26(17-20)39-32(37)29-28(21-12-10-11-13-22(21)31(35)36)24-16-19(5)25(34(8-3)9-4)18-27(24)38-30(23)29/h10-18H,6-9H2,1-5H3/p+1. The Labute approximate surface area is 226 Å². The molecule has 200 valence electrons. The monoisotopic (exact) mass is 525 g/mol. The summed E-state index contributed by atoms with van der Waals surface area (Å²) in [6.07, 6.45) is 0. The smallest absolute Gasteiger partial charge is 0.348 e. The number of aromatic carboxylic acids is 1. The second kappa shape index (κ2) is 10.4. The predicted molar refractivity (Wildman–Crippen MR) is 157 cm³/mol. The zero-order valence-corrected chi connectivity index (χ0v) is 23.0. The molecule has 1 N–H and O–H groups in total. The van der Waals surface area contributed by atoms with E-state index in [-0.39, 0.29) is 10.9 Å². The van der Waals surface area contributed by atoms with Crippen molar-refractivity contribution in [3.63, 3.8) is 0 Å². The highest BCUT2D eigenvalue weighted by atomic mass is 16.4. The summed E-state index contributed by atoms with van der Waals surface area (Å²) in [5, 5.41) is 12.5. The maximum atomic E-state index is 13.7. The summed E-state index contributed by atoms with van der Waals surface area (Å²) in [4.78, 5) is 28.2. The summed E-state index contributed by atoms with van der Waals surface area (Å²) in [7, 11) is 0. The third-order valence-electron chi connectivity index (χ3n) is 7.53. The van der Waals surface area contributed by atoms with Gasteiger partial charge in [0, 0.05) is 41.9 Å². The van der Waals surface area contributed by atoms with Gasteiger partial charge in [0.05, 0.1) is 17.0 Å². The lowest BCUT2D eigenvalue weighted by Gasteiger charge is -2.24. The average molecular weight is 526 g/mol. The molecule has 3 aromatic carbocycles. The molecule has 0 aliphatic carbocycles. The van der Waals surface area contributed by atoms with E-state index < -0.39 is 11.6 Å². The highest BCUT2D eigenvalue weighted by Crippen LogP contribution is 2.41. The molecule has 0 atom stereocenters. The molecule has 2 aromatic heterocycles. The van der Waals surface area contributed by atoms with Gasteiger partial charge < -0.3 is 18.8 Å². The van der Waals surface area contributed by atoms with Crippen LogP contribution in [0.25, 0.3) is 44.0 Å². The van der Waals surface area contributed by atoms with Crippen molar-refractivity contribution in [1.82, 2.24) is 4.58 Å². The molecule has 0 radical (unpaired) electrons. The number of carboxylic acids is 1. The molecule has 2 heterocycles. The Morgan fingerprint density at radius 1 is 0.897 bits per heavy atom. The fourth-order valence-electron chi connectivity index (χ4n) is 5.54. The molecule has 39 heavy (non-hydrogen) atoms. The number of nitrogens with zero attached hydrogens (tertiary/aromatic N) is 2. The third kappa shape index (κ3) is 4.38. The summed E-state index contributed by atoms with van der Waals surface area (Å²) in [5.74, 6) is -1.07. The van der Waals surface area contributed by atoms with Crippen LogP contribution in [0, 0.1) is 6.92 Å². The van der Waals surface area contributed by atoms with Crippen molar-refractivity contribution < 1.29 is 18.7 Å². The molecule has 0 bridgehead atoms. The summed E-state index contributed by atoms with van der Waals surface area (Å²) in [5.41, 5.74) is 3.89. The van der Waals surface area contributed by atoms with Crippen LogP contribution >= 0.6 is 0 Å². The van der Waals surface area contributed by atoms with Crippen LogP contribution < -0.4 is 20.5 Å². The van der Waals surface area contributed by atoms with Gasteiger partial charge in [-0.15, -0.1) is 0 Å². The molecule has 0 unspecified atom stereocenters. The van der Waals surface area contributed by atoms with Crippen LogP contribution in [0.15, 0.2) is 68.2 Å². The molecule has 7 nitrogen and oxygen atoms in total. The van der Waals surface area contributed by atoms with Crippen LogP contribution in [0.1, 0.15) is 43.6 Å². The number of rotatable bonds is 7. The average Bonchev–Trinajstić information content (AvgIpc) is 2.93. The van der Waals surface area contributed by atoms with Gasteiger partial charge >= 0.3 is 11.6 Å². The van der Waals surface area contributed by atoms with E-state index in [4.69, 9.17) is 8.83 Å². The van der Waals surface area contributed by atoms with E-state index in [1.807, 2.05) is 37.3 Å². The van der Waals surface area contributed by atoms with Crippen LogP contribution in [0.4, 0.5) is 5.69 Å². The maximum Gasteiger partial charge on any atom is 0.348 e. The molecule has 0 spiro atoms. The van der Waals surface area contributed by atoms with Crippen LogP contribution in [-0.2, 0) is 0 Å². The van der Waals surface area contributed by atoms with Crippen molar-refractivity contribution >= 4 is 44.6 Å². The summed E-state index contributed by atoms with van der Waals surface area (Å²) >= 11 is 0. The quantitative estimate of drug-likeness (QED) is 0.121. The van der Waals surface area contributed by atoms with Gasteiger partial charge in [0.15, 0.2) is 5.58 Å². The van der Waals surface area contributed by atoms with Gasteiger partial charge in [-0.05, 0) is 63.9 Å². The Hall–Kier alpha value is -4.39. The lowest BCUT2D eigenvalue weighted by Crippen LogP contribution is -2.29. The normalized spacial score (nSPS) is 11.4. The molecule has 0 amide bonds. The van der Waals surface area contributed by atoms with Crippen LogP contribution in [0.5, 0.6) is 0 Å². The highest BCUT2D eigenvalue weighted by Gasteiger charge is 2.24. The lowest BCUT2D eigenvalue weighted by molar-refractivity contribution is 0.0697. The number of fused-ring (bicyclic) bond motifs is 4. The van der Waals surface area contributed by atoms with Crippen molar-refractivity contribution in [1.29, 1.82) is 0 Å². The van der Waals surface area contributed by atoms with Gasteiger partial charge in [0.2, 0.25) is 5.36 Å². The fourth-order valence-corrected chi connectivity index (χ4v) is 5.54. The van der Waals surface area contributed by atoms with Gasteiger partial charge in [-0.1, -0.05) is 18.2 Å². The topological polar surface area (TPSA) is 86.9 Å². The predicted octanol–water partition coefficient (Wildman–Crippen LogP) is 6.02. The van der Waals surface area contributed by atoms with E-state index in [0.29, 0.717) is 38.6 Å². The van der Waals surface area contributed by atoms with Crippen LogP contribution in [0.2, 0.25) is 0 Å². The fraction of sp³-hybridized carbons (Fsp3) is 0.281. The van der Waals surface area contributed by atoms with E-state index in [1.165, 1.54) is 0 Å². The van der Waals surface area contributed by atoms with E-state index in [1.54, 1.807) is 24.3 Å². The first-order valence-electron chi connectivity index (χ1n) is 13.5. The molecular weight excluding hydrogens is 492 g/mol. The van der Waals surface area contributed by atoms with Gasteiger partial charge in [-0.3, -0.25) is 0 Å². The van der Waals surface area contributed by atoms with Crippen molar-refractivity contribution in [2.75, 3.05) is 31.1 Å². The first kappa shape index (κ1) is 26.2. The van der Waals surface area contributed by atoms with E-state index >= 15 is 0 Å². The zero-order valence-electron chi connectivity index (χ0n) is 23.0. The summed E-state index contributed by atoms with van der Waals surface area (Å²) in [6, 6.07) is 16.5.